The van der Waals surface area contributed by atoms with Crippen LogP contribution in [0.5, 0.6) is 0 Å². The van der Waals surface area contributed by atoms with E-state index in [1.165, 1.54) is 4.90 Å². The molecule has 2 saturated heterocycles. The summed E-state index contributed by atoms with van der Waals surface area (Å²) in [5.41, 5.74) is 0. The van der Waals surface area contributed by atoms with Gasteiger partial charge in [0, 0.05) is 18.6 Å². The largest absolute Gasteiger partial charge is 0.481 e. The molecule has 0 aromatic carbocycles. The van der Waals surface area contributed by atoms with Gasteiger partial charge < -0.3 is 15.3 Å². The monoisotopic (exact) mass is 280 g/mol. The van der Waals surface area contributed by atoms with Crippen LogP contribution in [0.15, 0.2) is 0 Å². The molecule has 0 aromatic heterocycles. The number of carbonyl (C=O) groups excluding carboxylic acids is 1. The van der Waals surface area contributed by atoms with Gasteiger partial charge in [0.1, 0.15) is 0 Å². The first kappa shape index (κ1) is 14.0. The van der Waals surface area contributed by atoms with Gasteiger partial charge in [-0.3, -0.25) is 4.79 Å². The number of hydrogen-bond donors (Lipinski definition) is 2. The molecular formula is C11H15F3N2O3. The van der Waals surface area contributed by atoms with Gasteiger partial charge in [-0.25, -0.2) is 4.79 Å². The molecule has 3 unspecified atom stereocenters. The molecule has 2 rings (SSSR count). The zero-order valence-electron chi connectivity index (χ0n) is 10.1. The molecule has 2 aliphatic heterocycles. The highest BCUT2D eigenvalue weighted by Crippen LogP contribution is 2.41. The predicted octanol–water partition coefficient (Wildman–Crippen LogP) is 1.59. The van der Waals surface area contributed by atoms with Gasteiger partial charge in [-0.1, -0.05) is 0 Å². The summed E-state index contributed by atoms with van der Waals surface area (Å²) >= 11 is 0. The Balaban J connectivity index is 1.89. The van der Waals surface area contributed by atoms with Gasteiger partial charge in [0.25, 0.3) is 0 Å². The molecule has 2 aliphatic rings. The number of urea groups is 1. The van der Waals surface area contributed by atoms with Crippen molar-refractivity contribution in [3.05, 3.63) is 0 Å². The smallest absolute Gasteiger partial charge is 0.390 e. The number of alkyl halides is 3. The van der Waals surface area contributed by atoms with Gasteiger partial charge in [-0.2, -0.15) is 13.2 Å². The Morgan fingerprint density at radius 1 is 1.32 bits per heavy atom. The van der Waals surface area contributed by atoms with Crippen LogP contribution in [-0.2, 0) is 4.79 Å². The summed E-state index contributed by atoms with van der Waals surface area (Å²) in [6.45, 7) is -0.476. The Morgan fingerprint density at radius 3 is 2.53 bits per heavy atom. The van der Waals surface area contributed by atoms with E-state index in [0.717, 1.165) is 6.42 Å². The van der Waals surface area contributed by atoms with Crippen molar-refractivity contribution < 1.29 is 27.9 Å². The second kappa shape index (κ2) is 4.90. The third-order valence-electron chi connectivity index (χ3n) is 3.77. The highest BCUT2D eigenvalue weighted by molar-refractivity contribution is 5.79. The lowest BCUT2D eigenvalue weighted by Gasteiger charge is -2.23. The average molecular weight is 280 g/mol. The van der Waals surface area contributed by atoms with Crippen LogP contribution >= 0.6 is 0 Å². The van der Waals surface area contributed by atoms with Crippen molar-refractivity contribution in [2.24, 2.45) is 5.92 Å². The van der Waals surface area contributed by atoms with Gasteiger partial charge in [0.15, 0.2) is 0 Å². The number of carboxylic acid groups (broad SMARTS) is 1. The molecule has 2 N–H and O–H groups in total. The summed E-state index contributed by atoms with van der Waals surface area (Å²) in [6.07, 6.45) is -3.66. The molecule has 8 heteroatoms. The van der Waals surface area contributed by atoms with Gasteiger partial charge in [-0.15, -0.1) is 0 Å². The van der Waals surface area contributed by atoms with Crippen LogP contribution in [0.2, 0.25) is 0 Å². The minimum atomic E-state index is -4.30. The van der Waals surface area contributed by atoms with Gasteiger partial charge in [-0.05, 0) is 19.3 Å². The molecule has 0 saturated carbocycles. The van der Waals surface area contributed by atoms with E-state index >= 15 is 0 Å². The van der Waals surface area contributed by atoms with Crippen molar-refractivity contribution in [2.75, 3.05) is 6.54 Å². The topological polar surface area (TPSA) is 69.6 Å². The second-order valence-corrected chi connectivity index (χ2v) is 4.98. The van der Waals surface area contributed by atoms with E-state index in [4.69, 9.17) is 5.11 Å². The lowest BCUT2D eigenvalue weighted by atomic mass is 9.89. The quantitative estimate of drug-likeness (QED) is 0.824. The number of aliphatic carboxylic acids is 1. The van der Waals surface area contributed by atoms with Crippen LogP contribution in [0, 0.1) is 5.92 Å². The second-order valence-electron chi connectivity index (χ2n) is 4.98. The lowest BCUT2D eigenvalue weighted by molar-refractivity contribution is -0.142. The SMILES string of the molecule is O=C(O)C1CC2CCC1N2C(=O)NCCC(F)(F)F. The molecule has 2 fully saturated rings. The molecule has 5 nitrogen and oxygen atoms in total. The van der Waals surface area contributed by atoms with Crippen LogP contribution in [0.1, 0.15) is 25.7 Å². The minimum absolute atomic E-state index is 0.156. The number of nitrogens with zero attached hydrogens (tertiary/aromatic N) is 1. The molecular weight excluding hydrogens is 265 g/mol. The third-order valence-corrected chi connectivity index (χ3v) is 3.77. The molecule has 0 aliphatic carbocycles. The van der Waals surface area contributed by atoms with Crippen molar-refractivity contribution in [2.45, 2.75) is 43.9 Å². The van der Waals surface area contributed by atoms with Crippen molar-refractivity contribution in [3.8, 4) is 0 Å². The van der Waals surface area contributed by atoms with Crippen LogP contribution in [-0.4, -0.2) is 46.8 Å². The number of amides is 2. The third kappa shape index (κ3) is 2.93. The number of halogens is 3. The van der Waals surface area contributed by atoms with Gasteiger partial charge >= 0.3 is 18.2 Å². The van der Waals surface area contributed by atoms with E-state index in [2.05, 4.69) is 5.32 Å². The zero-order valence-corrected chi connectivity index (χ0v) is 10.1. The molecule has 108 valence electrons. The molecule has 0 radical (unpaired) electrons. The maximum Gasteiger partial charge on any atom is 0.390 e. The molecule has 0 aromatic rings. The molecule has 2 amide bonds. The van der Waals surface area contributed by atoms with Gasteiger partial charge in [0.2, 0.25) is 0 Å². The molecule has 19 heavy (non-hydrogen) atoms. The van der Waals surface area contributed by atoms with E-state index in [0.29, 0.717) is 12.8 Å². The number of rotatable bonds is 3. The fourth-order valence-corrected chi connectivity index (χ4v) is 2.97. The van der Waals surface area contributed by atoms with Crippen molar-refractivity contribution >= 4 is 12.0 Å². The van der Waals surface area contributed by atoms with Crippen LogP contribution in [0.4, 0.5) is 18.0 Å². The van der Waals surface area contributed by atoms with Crippen molar-refractivity contribution in [1.29, 1.82) is 0 Å². The standard InChI is InChI=1S/C11H15F3N2O3/c12-11(13,14)3-4-15-10(19)16-6-1-2-8(16)7(5-6)9(17)18/h6-8H,1-5H2,(H,15,19)(H,17,18). The summed E-state index contributed by atoms with van der Waals surface area (Å²) in [6, 6.07) is -1.12. The van der Waals surface area contributed by atoms with E-state index in [-0.39, 0.29) is 12.1 Å². The summed E-state index contributed by atoms with van der Waals surface area (Å²) in [5.74, 6) is -1.53. The Bertz CT molecular complexity index is 386. The summed E-state index contributed by atoms with van der Waals surface area (Å²) in [4.78, 5) is 24.2. The minimum Gasteiger partial charge on any atom is -0.481 e. The highest BCUT2D eigenvalue weighted by atomic mass is 19.4. The maximum atomic E-state index is 12.0. The highest BCUT2D eigenvalue weighted by Gasteiger charge is 2.51. The first-order chi connectivity index (χ1) is 8.79. The molecule has 0 spiro atoms. The van der Waals surface area contributed by atoms with Crippen LogP contribution in [0.25, 0.3) is 0 Å². The van der Waals surface area contributed by atoms with Crippen LogP contribution < -0.4 is 5.32 Å². The Labute approximate surface area is 107 Å². The molecule has 2 bridgehead atoms. The van der Waals surface area contributed by atoms with E-state index < -0.39 is 37.1 Å². The van der Waals surface area contributed by atoms with Crippen LogP contribution in [0.3, 0.4) is 0 Å². The lowest BCUT2D eigenvalue weighted by Crippen LogP contribution is -2.45. The molecule has 3 atom stereocenters. The Hall–Kier alpha value is -1.47. The number of nitrogens with one attached hydrogen (secondary N) is 1. The first-order valence-electron chi connectivity index (χ1n) is 6.15. The van der Waals surface area contributed by atoms with Crippen molar-refractivity contribution in [1.82, 2.24) is 10.2 Å². The number of fused-ring (bicyclic) bond motifs is 2. The number of carboxylic acids is 1. The van der Waals surface area contributed by atoms with Gasteiger partial charge in [0.05, 0.1) is 12.3 Å². The number of hydrogen-bond acceptors (Lipinski definition) is 2. The zero-order chi connectivity index (χ0) is 14.2. The summed E-state index contributed by atoms with van der Waals surface area (Å²) in [5, 5.41) is 11.2. The fraction of sp³-hybridized carbons (Fsp3) is 0.818. The fourth-order valence-electron chi connectivity index (χ4n) is 2.97. The number of carbonyl (C=O) groups is 2. The Kier molecular flexibility index (Phi) is 3.60. The first-order valence-corrected chi connectivity index (χ1v) is 6.15. The summed E-state index contributed by atoms with van der Waals surface area (Å²) in [7, 11) is 0. The van der Waals surface area contributed by atoms with E-state index in [1.807, 2.05) is 0 Å². The normalized spacial score (nSPS) is 29.6. The molecule has 2 heterocycles. The Morgan fingerprint density at radius 2 is 2.00 bits per heavy atom. The average Bonchev–Trinajstić information content (AvgIpc) is 2.83. The van der Waals surface area contributed by atoms with Crippen molar-refractivity contribution in [3.63, 3.8) is 0 Å². The summed E-state index contributed by atoms with van der Waals surface area (Å²) < 4.78 is 35.9. The predicted molar refractivity (Wildman–Crippen MR) is 58.5 cm³/mol. The van der Waals surface area contributed by atoms with E-state index in [9.17, 15) is 22.8 Å². The maximum absolute atomic E-state index is 12.0. The van der Waals surface area contributed by atoms with E-state index in [1.54, 1.807) is 0 Å².